The van der Waals surface area contributed by atoms with Gasteiger partial charge >= 0.3 is 5.97 Å². The van der Waals surface area contributed by atoms with Gasteiger partial charge in [-0.15, -0.1) is 0 Å². The maximum Gasteiger partial charge on any atom is 0.333 e. The number of hydrogen-bond donors (Lipinski definition) is 1. The molecule has 3 aromatic carbocycles. The SMILES string of the molecule is CCOC(=O)[C@H](NC(=O)COc1ccc(C(C)=O)cc1)c1cccc2ccccc12. The first-order chi connectivity index (χ1) is 14.5. The summed E-state index contributed by atoms with van der Waals surface area (Å²) in [4.78, 5) is 36.5. The molecule has 30 heavy (non-hydrogen) atoms. The maximum atomic E-state index is 12.6. The molecule has 3 rings (SSSR count). The number of amides is 1. The van der Waals surface area contributed by atoms with Crippen LogP contribution in [0.4, 0.5) is 0 Å². The Kier molecular flexibility index (Phi) is 6.80. The molecule has 0 saturated heterocycles. The van der Waals surface area contributed by atoms with Gasteiger partial charge in [0.25, 0.3) is 5.91 Å². The first-order valence-corrected chi connectivity index (χ1v) is 9.67. The average molecular weight is 405 g/mol. The van der Waals surface area contributed by atoms with E-state index in [-0.39, 0.29) is 19.0 Å². The molecule has 0 radical (unpaired) electrons. The van der Waals surface area contributed by atoms with E-state index in [0.29, 0.717) is 16.9 Å². The number of benzene rings is 3. The van der Waals surface area contributed by atoms with Crippen LogP contribution in [0.25, 0.3) is 10.8 Å². The number of esters is 1. The van der Waals surface area contributed by atoms with Crippen molar-refractivity contribution in [2.24, 2.45) is 0 Å². The first-order valence-electron chi connectivity index (χ1n) is 9.67. The number of fused-ring (bicyclic) bond motifs is 1. The number of ketones is 1. The number of hydrogen-bond acceptors (Lipinski definition) is 5. The fourth-order valence-corrected chi connectivity index (χ4v) is 3.13. The lowest BCUT2D eigenvalue weighted by molar-refractivity contribution is -0.147. The monoisotopic (exact) mass is 405 g/mol. The van der Waals surface area contributed by atoms with Gasteiger partial charge in [0.15, 0.2) is 18.4 Å². The summed E-state index contributed by atoms with van der Waals surface area (Å²) in [5.74, 6) is -0.593. The average Bonchev–Trinajstić information content (AvgIpc) is 2.76. The molecule has 1 N–H and O–H groups in total. The van der Waals surface area contributed by atoms with E-state index in [9.17, 15) is 14.4 Å². The van der Waals surface area contributed by atoms with Crippen molar-refractivity contribution < 1.29 is 23.9 Å². The van der Waals surface area contributed by atoms with Gasteiger partial charge in [0.1, 0.15) is 5.75 Å². The number of carbonyl (C=O) groups is 3. The van der Waals surface area contributed by atoms with Crippen LogP contribution in [0.5, 0.6) is 5.75 Å². The number of Topliss-reactive ketones (excluding diaryl/α,β-unsaturated/α-hetero) is 1. The second-order valence-corrected chi connectivity index (χ2v) is 6.69. The van der Waals surface area contributed by atoms with E-state index in [1.165, 1.54) is 6.92 Å². The molecule has 3 aromatic rings. The Morgan fingerprint density at radius 1 is 0.933 bits per heavy atom. The summed E-state index contributed by atoms with van der Waals surface area (Å²) in [6.45, 7) is 3.12. The molecule has 0 aliphatic rings. The molecule has 0 aliphatic heterocycles. The molecule has 0 unspecified atom stereocenters. The topological polar surface area (TPSA) is 81.7 Å². The third-order valence-electron chi connectivity index (χ3n) is 4.59. The molecular weight excluding hydrogens is 382 g/mol. The van der Waals surface area contributed by atoms with Crippen LogP contribution in [-0.4, -0.2) is 30.9 Å². The zero-order valence-electron chi connectivity index (χ0n) is 16.9. The van der Waals surface area contributed by atoms with E-state index in [1.54, 1.807) is 37.3 Å². The zero-order valence-corrected chi connectivity index (χ0v) is 16.9. The minimum Gasteiger partial charge on any atom is -0.484 e. The van der Waals surface area contributed by atoms with Crippen LogP contribution in [0, 0.1) is 0 Å². The highest BCUT2D eigenvalue weighted by Crippen LogP contribution is 2.25. The molecule has 0 saturated carbocycles. The lowest BCUT2D eigenvalue weighted by Gasteiger charge is -2.19. The highest BCUT2D eigenvalue weighted by Gasteiger charge is 2.26. The van der Waals surface area contributed by atoms with Crippen molar-refractivity contribution in [1.82, 2.24) is 5.32 Å². The smallest absolute Gasteiger partial charge is 0.333 e. The van der Waals surface area contributed by atoms with Gasteiger partial charge in [-0.25, -0.2) is 4.79 Å². The van der Waals surface area contributed by atoms with Crippen molar-refractivity contribution in [1.29, 1.82) is 0 Å². The Morgan fingerprint density at radius 2 is 1.63 bits per heavy atom. The summed E-state index contributed by atoms with van der Waals surface area (Å²) in [6, 6.07) is 18.8. The molecule has 154 valence electrons. The van der Waals surface area contributed by atoms with Crippen molar-refractivity contribution in [2.75, 3.05) is 13.2 Å². The van der Waals surface area contributed by atoms with Crippen LogP contribution in [0.3, 0.4) is 0 Å². The van der Waals surface area contributed by atoms with Crippen LogP contribution in [-0.2, 0) is 14.3 Å². The second kappa shape index (κ2) is 9.69. The van der Waals surface area contributed by atoms with E-state index in [0.717, 1.165) is 10.8 Å². The number of rotatable bonds is 8. The predicted molar refractivity (Wildman–Crippen MR) is 113 cm³/mol. The van der Waals surface area contributed by atoms with Crippen LogP contribution in [0.2, 0.25) is 0 Å². The summed E-state index contributed by atoms with van der Waals surface area (Å²) >= 11 is 0. The summed E-state index contributed by atoms with van der Waals surface area (Å²) < 4.78 is 10.7. The summed E-state index contributed by atoms with van der Waals surface area (Å²) in [7, 11) is 0. The van der Waals surface area contributed by atoms with Crippen LogP contribution >= 0.6 is 0 Å². The molecule has 6 heteroatoms. The second-order valence-electron chi connectivity index (χ2n) is 6.69. The molecule has 6 nitrogen and oxygen atoms in total. The molecule has 0 spiro atoms. The molecule has 0 heterocycles. The fraction of sp³-hybridized carbons (Fsp3) is 0.208. The predicted octanol–water partition coefficient (Wildman–Crippen LogP) is 3.84. The van der Waals surface area contributed by atoms with E-state index >= 15 is 0 Å². The van der Waals surface area contributed by atoms with Gasteiger partial charge in [-0.2, -0.15) is 0 Å². The Hall–Kier alpha value is -3.67. The summed E-state index contributed by atoms with van der Waals surface area (Å²) in [6.07, 6.45) is 0. The van der Waals surface area contributed by atoms with Gasteiger partial charge in [0, 0.05) is 5.56 Å². The van der Waals surface area contributed by atoms with Gasteiger partial charge in [0.2, 0.25) is 0 Å². The molecular formula is C24H23NO5. The maximum absolute atomic E-state index is 12.6. The van der Waals surface area contributed by atoms with Crippen molar-refractivity contribution in [3.05, 3.63) is 77.9 Å². The zero-order chi connectivity index (χ0) is 21.5. The van der Waals surface area contributed by atoms with Gasteiger partial charge in [-0.3, -0.25) is 9.59 Å². The van der Waals surface area contributed by atoms with E-state index in [4.69, 9.17) is 9.47 Å². The highest BCUT2D eigenvalue weighted by atomic mass is 16.5. The van der Waals surface area contributed by atoms with E-state index in [1.807, 2.05) is 36.4 Å². The molecule has 0 bridgehead atoms. The third-order valence-corrected chi connectivity index (χ3v) is 4.59. The first kappa shape index (κ1) is 21.0. The van der Waals surface area contributed by atoms with Crippen LogP contribution in [0.15, 0.2) is 66.7 Å². The Labute approximate surface area is 174 Å². The lowest BCUT2D eigenvalue weighted by atomic mass is 9.98. The van der Waals surface area contributed by atoms with Crippen LogP contribution in [0.1, 0.15) is 35.8 Å². The van der Waals surface area contributed by atoms with Gasteiger partial charge in [0.05, 0.1) is 6.61 Å². The molecule has 0 aromatic heterocycles. The Balaban J connectivity index is 1.75. The van der Waals surface area contributed by atoms with Crippen molar-refractivity contribution in [2.45, 2.75) is 19.9 Å². The molecule has 1 amide bonds. The lowest BCUT2D eigenvalue weighted by Crippen LogP contribution is -2.37. The van der Waals surface area contributed by atoms with Gasteiger partial charge in [-0.05, 0) is 54.4 Å². The number of ether oxygens (including phenoxy) is 2. The normalized spacial score (nSPS) is 11.5. The van der Waals surface area contributed by atoms with Gasteiger partial charge < -0.3 is 14.8 Å². The highest BCUT2D eigenvalue weighted by molar-refractivity contribution is 5.94. The van der Waals surface area contributed by atoms with E-state index < -0.39 is 17.9 Å². The minimum absolute atomic E-state index is 0.0494. The number of nitrogens with one attached hydrogen (secondary N) is 1. The quantitative estimate of drug-likeness (QED) is 0.455. The summed E-state index contributed by atoms with van der Waals surface area (Å²) in [5.41, 5.74) is 1.22. The fourth-order valence-electron chi connectivity index (χ4n) is 3.13. The van der Waals surface area contributed by atoms with E-state index in [2.05, 4.69) is 5.32 Å². The largest absolute Gasteiger partial charge is 0.484 e. The molecule has 0 aliphatic carbocycles. The number of carbonyl (C=O) groups excluding carboxylic acids is 3. The Bertz CT molecular complexity index is 1050. The van der Waals surface area contributed by atoms with Crippen molar-refractivity contribution >= 4 is 28.4 Å². The van der Waals surface area contributed by atoms with Crippen molar-refractivity contribution in [3.63, 3.8) is 0 Å². The van der Waals surface area contributed by atoms with Crippen molar-refractivity contribution in [3.8, 4) is 5.75 Å². The molecule has 1 atom stereocenters. The summed E-state index contributed by atoms with van der Waals surface area (Å²) in [5, 5.41) is 4.54. The van der Waals surface area contributed by atoms with Gasteiger partial charge in [-0.1, -0.05) is 42.5 Å². The minimum atomic E-state index is -0.952. The molecule has 0 fully saturated rings. The van der Waals surface area contributed by atoms with Crippen LogP contribution < -0.4 is 10.1 Å². The third kappa shape index (κ3) is 5.03. The standard InChI is InChI=1S/C24H23NO5/c1-3-29-24(28)23(21-10-6-8-18-7-4-5-9-20(18)21)25-22(27)15-30-19-13-11-17(12-14-19)16(2)26/h4-14,23H,3,15H2,1-2H3,(H,25,27)/t23-/m1/s1. The Morgan fingerprint density at radius 3 is 2.33 bits per heavy atom.